The predicted octanol–water partition coefficient (Wildman–Crippen LogP) is 1.08. The van der Waals surface area contributed by atoms with Crippen molar-refractivity contribution in [3.05, 3.63) is 17.5 Å². The van der Waals surface area contributed by atoms with Gasteiger partial charge in [0.25, 0.3) is 0 Å². The fourth-order valence-electron chi connectivity index (χ4n) is 2.02. The first-order chi connectivity index (χ1) is 6.22. The lowest BCUT2D eigenvalue weighted by molar-refractivity contribution is 0.268. The van der Waals surface area contributed by atoms with Crippen LogP contribution in [0.5, 0.6) is 0 Å². The second-order valence-electron chi connectivity index (χ2n) is 3.78. The Hall–Kier alpha value is -0.960. The summed E-state index contributed by atoms with van der Waals surface area (Å²) in [6, 6.07) is 2.12. The van der Waals surface area contributed by atoms with E-state index in [-0.39, 0.29) is 0 Å². The van der Waals surface area contributed by atoms with Crippen molar-refractivity contribution in [2.45, 2.75) is 26.4 Å². The lowest BCUT2D eigenvalue weighted by Crippen LogP contribution is -2.31. The number of fused-ring (bicyclic) bond motifs is 1. The molecule has 2 heterocycles. The van der Waals surface area contributed by atoms with Gasteiger partial charge in [-0.2, -0.15) is 0 Å². The summed E-state index contributed by atoms with van der Waals surface area (Å²) in [6.07, 6.45) is 1.08. The highest BCUT2D eigenvalue weighted by molar-refractivity contribution is 5.47. The average Bonchev–Trinajstić information content (AvgIpc) is 2.43. The first-order valence-electron chi connectivity index (χ1n) is 4.87. The van der Waals surface area contributed by atoms with E-state index in [1.165, 1.54) is 11.4 Å². The van der Waals surface area contributed by atoms with Gasteiger partial charge in [-0.15, -0.1) is 0 Å². The van der Waals surface area contributed by atoms with Crippen LogP contribution in [0.4, 0.5) is 5.69 Å². The second-order valence-corrected chi connectivity index (χ2v) is 3.78. The Morgan fingerprint density at radius 3 is 2.92 bits per heavy atom. The molecule has 0 bridgehead atoms. The van der Waals surface area contributed by atoms with Gasteiger partial charge in [-0.25, -0.2) is 0 Å². The molecule has 0 aromatic carbocycles. The Morgan fingerprint density at radius 1 is 1.46 bits per heavy atom. The molecule has 3 nitrogen and oxygen atoms in total. The van der Waals surface area contributed by atoms with Gasteiger partial charge in [0, 0.05) is 25.3 Å². The van der Waals surface area contributed by atoms with Gasteiger partial charge in [0.05, 0.1) is 11.4 Å². The molecule has 0 fully saturated rings. The fraction of sp³-hybridized carbons (Fsp3) is 0.600. The molecule has 3 heteroatoms. The summed E-state index contributed by atoms with van der Waals surface area (Å²) < 4.78 is 2.37. The van der Waals surface area contributed by atoms with Crippen molar-refractivity contribution in [3.63, 3.8) is 0 Å². The fourth-order valence-corrected chi connectivity index (χ4v) is 2.02. The average molecular weight is 179 g/mol. The molecule has 1 aliphatic heterocycles. The Morgan fingerprint density at radius 2 is 2.23 bits per heavy atom. The first-order valence-corrected chi connectivity index (χ1v) is 4.87. The predicted molar refractivity (Wildman–Crippen MR) is 54.6 cm³/mol. The topological polar surface area (TPSA) is 34.2 Å². The number of aryl methyl sites for hydroxylation is 1. The zero-order valence-electron chi connectivity index (χ0n) is 8.38. The molecule has 1 aromatic rings. The minimum absolute atomic E-state index is 0.961. The lowest BCUT2D eigenvalue weighted by Gasteiger charge is -2.26. The third-order valence-corrected chi connectivity index (χ3v) is 2.82. The molecule has 1 aromatic heterocycles. The number of nitrogens with two attached hydrogens (primary N) is 1. The Bertz CT molecular complexity index is 314. The molecule has 2 N–H and O–H groups in total. The van der Waals surface area contributed by atoms with Crippen molar-refractivity contribution < 1.29 is 0 Å². The minimum Gasteiger partial charge on any atom is -0.397 e. The van der Waals surface area contributed by atoms with E-state index < -0.39 is 0 Å². The number of nitrogens with zero attached hydrogens (tertiary/aromatic N) is 2. The normalized spacial score (nSPS) is 17.4. The zero-order valence-corrected chi connectivity index (χ0v) is 8.38. The van der Waals surface area contributed by atoms with Crippen LogP contribution in [0.2, 0.25) is 0 Å². The second kappa shape index (κ2) is 3.07. The number of rotatable bonds is 1. The smallest absolute Gasteiger partial charge is 0.0552 e. The van der Waals surface area contributed by atoms with E-state index in [4.69, 9.17) is 5.73 Å². The summed E-state index contributed by atoms with van der Waals surface area (Å²) in [5, 5.41) is 0. The van der Waals surface area contributed by atoms with Crippen LogP contribution in [0.15, 0.2) is 6.07 Å². The molecule has 13 heavy (non-hydrogen) atoms. The zero-order chi connectivity index (χ0) is 9.42. The number of likely N-dealkylation sites (N-methyl/N-ethyl adjacent to an activating group) is 1. The maximum Gasteiger partial charge on any atom is 0.0552 e. The van der Waals surface area contributed by atoms with Crippen LogP contribution in [0.1, 0.15) is 18.3 Å². The molecule has 0 saturated heterocycles. The maximum atomic E-state index is 5.95. The van der Waals surface area contributed by atoms with E-state index in [9.17, 15) is 0 Å². The van der Waals surface area contributed by atoms with Crippen LogP contribution in [0.3, 0.4) is 0 Å². The van der Waals surface area contributed by atoms with Gasteiger partial charge in [0.15, 0.2) is 0 Å². The maximum absolute atomic E-state index is 5.95. The van der Waals surface area contributed by atoms with Crippen LogP contribution in [-0.2, 0) is 19.5 Å². The third-order valence-electron chi connectivity index (χ3n) is 2.82. The monoisotopic (exact) mass is 179 g/mol. The van der Waals surface area contributed by atoms with Crippen molar-refractivity contribution >= 4 is 5.69 Å². The van der Waals surface area contributed by atoms with Crippen molar-refractivity contribution in [1.29, 1.82) is 0 Å². The molecule has 0 aliphatic carbocycles. The van der Waals surface area contributed by atoms with Crippen molar-refractivity contribution in [2.24, 2.45) is 0 Å². The molecular weight excluding hydrogens is 162 g/mol. The highest BCUT2D eigenvalue weighted by Gasteiger charge is 2.17. The Balaban J connectivity index is 2.42. The molecule has 0 radical (unpaired) electrons. The SMILES string of the molecule is CCc1cc(N)c2n1CCN(C)C2. The van der Waals surface area contributed by atoms with E-state index in [2.05, 4.69) is 29.5 Å². The van der Waals surface area contributed by atoms with Crippen molar-refractivity contribution in [1.82, 2.24) is 9.47 Å². The number of aromatic nitrogens is 1. The van der Waals surface area contributed by atoms with Crippen molar-refractivity contribution in [3.8, 4) is 0 Å². The molecule has 72 valence electrons. The van der Waals surface area contributed by atoms with Gasteiger partial charge >= 0.3 is 0 Å². The minimum atomic E-state index is 0.961. The highest BCUT2D eigenvalue weighted by Crippen LogP contribution is 2.23. The molecule has 0 atom stereocenters. The Labute approximate surface area is 79.1 Å². The number of anilines is 1. The van der Waals surface area contributed by atoms with E-state index in [1.54, 1.807) is 0 Å². The highest BCUT2D eigenvalue weighted by atomic mass is 15.2. The summed E-state index contributed by atoms with van der Waals surface area (Å²) in [7, 11) is 2.14. The van der Waals surface area contributed by atoms with Crippen molar-refractivity contribution in [2.75, 3.05) is 19.3 Å². The van der Waals surface area contributed by atoms with Gasteiger partial charge in [-0.3, -0.25) is 4.90 Å². The summed E-state index contributed by atoms with van der Waals surface area (Å²) in [5.41, 5.74) is 9.59. The van der Waals surface area contributed by atoms with Gasteiger partial charge < -0.3 is 10.3 Å². The van der Waals surface area contributed by atoms with Gasteiger partial charge in [-0.1, -0.05) is 6.92 Å². The summed E-state index contributed by atoms with van der Waals surface area (Å²) >= 11 is 0. The quantitative estimate of drug-likeness (QED) is 0.700. The number of hydrogen-bond acceptors (Lipinski definition) is 2. The number of nitrogen functional groups attached to an aromatic ring is 1. The van der Waals surface area contributed by atoms with Crippen LogP contribution in [-0.4, -0.2) is 23.1 Å². The van der Waals surface area contributed by atoms with Crippen LogP contribution in [0.25, 0.3) is 0 Å². The lowest BCUT2D eigenvalue weighted by atomic mass is 10.3. The third kappa shape index (κ3) is 1.33. The van der Waals surface area contributed by atoms with Gasteiger partial charge in [0.1, 0.15) is 0 Å². The molecule has 0 amide bonds. The van der Waals surface area contributed by atoms with E-state index in [0.717, 1.165) is 31.7 Å². The first kappa shape index (κ1) is 8.63. The molecule has 0 unspecified atom stereocenters. The number of hydrogen-bond donors (Lipinski definition) is 1. The van der Waals surface area contributed by atoms with Gasteiger partial charge in [0.2, 0.25) is 0 Å². The van der Waals surface area contributed by atoms with E-state index >= 15 is 0 Å². The standard InChI is InChI=1S/C10H17N3/c1-3-8-6-9(11)10-7-12(2)4-5-13(8)10/h6H,3-5,7,11H2,1-2H3. The Kier molecular flexibility index (Phi) is 2.04. The molecule has 0 saturated carbocycles. The molecular formula is C10H17N3. The summed E-state index contributed by atoms with van der Waals surface area (Å²) in [4.78, 5) is 2.31. The summed E-state index contributed by atoms with van der Waals surface area (Å²) in [5.74, 6) is 0. The van der Waals surface area contributed by atoms with Crippen LogP contribution in [0, 0.1) is 0 Å². The summed E-state index contributed by atoms with van der Waals surface area (Å²) in [6.45, 7) is 5.40. The molecule has 0 spiro atoms. The van der Waals surface area contributed by atoms with E-state index in [0.29, 0.717) is 0 Å². The largest absolute Gasteiger partial charge is 0.397 e. The molecule has 2 rings (SSSR count). The van der Waals surface area contributed by atoms with Crippen LogP contribution >= 0.6 is 0 Å². The van der Waals surface area contributed by atoms with E-state index in [1.807, 2.05) is 0 Å². The van der Waals surface area contributed by atoms with Crippen LogP contribution < -0.4 is 5.73 Å². The van der Waals surface area contributed by atoms with Gasteiger partial charge in [-0.05, 0) is 19.5 Å². The molecule has 1 aliphatic rings.